The number of carbonyl (C=O) groups excluding carboxylic acids is 1. The van der Waals surface area contributed by atoms with Gasteiger partial charge in [-0.3, -0.25) is 4.79 Å². The van der Waals surface area contributed by atoms with E-state index in [9.17, 15) is 4.79 Å². The Bertz CT molecular complexity index is 369. The molecule has 0 aromatic heterocycles. The van der Waals surface area contributed by atoms with E-state index < -0.39 is 6.04 Å². The first-order valence-electron chi connectivity index (χ1n) is 5.29. The topological polar surface area (TPSA) is 55.1 Å². The molecule has 1 atom stereocenters. The van der Waals surface area contributed by atoms with Gasteiger partial charge < -0.3 is 11.1 Å². The molecule has 0 heterocycles. The second kappa shape index (κ2) is 7.54. The molecule has 1 rings (SSSR count). The Labute approximate surface area is 113 Å². The largest absolute Gasteiger partial charge is 0.351 e. The van der Waals surface area contributed by atoms with E-state index in [-0.39, 0.29) is 24.2 Å². The summed E-state index contributed by atoms with van der Waals surface area (Å²) in [6.07, 6.45) is 0. The van der Waals surface area contributed by atoms with Crippen LogP contribution in [-0.4, -0.2) is 11.9 Å². The first-order chi connectivity index (χ1) is 7.52. The lowest BCUT2D eigenvalue weighted by atomic mass is 10.0. The van der Waals surface area contributed by atoms with Crippen molar-refractivity contribution in [3.05, 3.63) is 34.9 Å². The van der Waals surface area contributed by atoms with Crippen LogP contribution in [0.25, 0.3) is 0 Å². The van der Waals surface area contributed by atoms with Gasteiger partial charge in [0.2, 0.25) is 5.91 Å². The van der Waals surface area contributed by atoms with E-state index in [0.717, 1.165) is 5.56 Å². The number of halogens is 2. The molecule has 0 radical (unpaired) electrons. The molecule has 0 aliphatic heterocycles. The van der Waals surface area contributed by atoms with E-state index >= 15 is 0 Å². The average molecular weight is 277 g/mol. The maximum Gasteiger partial charge on any atom is 0.237 e. The Morgan fingerprint density at radius 1 is 1.41 bits per heavy atom. The average Bonchev–Trinajstić information content (AvgIpc) is 2.26. The van der Waals surface area contributed by atoms with Crippen LogP contribution in [0.1, 0.15) is 19.4 Å². The third kappa shape index (κ3) is 4.94. The molecular formula is C12H18Cl2N2O. The fourth-order valence-electron chi connectivity index (χ4n) is 1.24. The molecule has 1 amide bonds. The van der Waals surface area contributed by atoms with Gasteiger partial charge in [-0.1, -0.05) is 43.6 Å². The molecule has 5 heteroatoms. The molecule has 3 nitrogen and oxygen atoms in total. The van der Waals surface area contributed by atoms with Crippen LogP contribution in [-0.2, 0) is 11.3 Å². The predicted octanol–water partition coefficient (Wildman–Crippen LogP) is 2.36. The second-order valence-electron chi connectivity index (χ2n) is 4.08. The van der Waals surface area contributed by atoms with Crippen LogP contribution in [0.4, 0.5) is 0 Å². The molecular weight excluding hydrogens is 259 g/mol. The van der Waals surface area contributed by atoms with Gasteiger partial charge in [0.25, 0.3) is 0 Å². The monoisotopic (exact) mass is 276 g/mol. The normalized spacial score (nSPS) is 11.8. The molecule has 0 saturated heterocycles. The molecule has 0 saturated carbocycles. The van der Waals surface area contributed by atoms with Gasteiger partial charge in [0, 0.05) is 11.6 Å². The van der Waals surface area contributed by atoms with Gasteiger partial charge in [-0.15, -0.1) is 12.4 Å². The summed E-state index contributed by atoms with van der Waals surface area (Å²) in [5.41, 5.74) is 6.61. The van der Waals surface area contributed by atoms with Crippen LogP contribution < -0.4 is 11.1 Å². The number of rotatable bonds is 4. The summed E-state index contributed by atoms with van der Waals surface area (Å²) in [7, 11) is 0. The molecule has 0 aliphatic carbocycles. The predicted molar refractivity (Wildman–Crippen MR) is 73.4 cm³/mol. The number of hydrogen-bond donors (Lipinski definition) is 2. The van der Waals surface area contributed by atoms with Gasteiger partial charge in [0.05, 0.1) is 6.04 Å². The highest BCUT2D eigenvalue weighted by molar-refractivity contribution is 6.31. The smallest absolute Gasteiger partial charge is 0.237 e. The van der Waals surface area contributed by atoms with E-state index in [2.05, 4.69) is 5.32 Å². The fraction of sp³-hybridized carbons (Fsp3) is 0.417. The molecule has 3 N–H and O–H groups in total. The van der Waals surface area contributed by atoms with Gasteiger partial charge in [-0.2, -0.15) is 0 Å². The Hall–Kier alpha value is -0.770. The third-order valence-corrected chi connectivity index (χ3v) is 2.80. The van der Waals surface area contributed by atoms with Gasteiger partial charge in [0.15, 0.2) is 0 Å². The Kier molecular flexibility index (Phi) is 7.19. The lowest BCUT2D eigenvalue weighted by Crippen LogP contribution is -2.43. The quantitative estimate of drug-likeness (QED) is 0.887. The summed E-state index contributed by atoms with van der Waals surface area (Å²) >= 11 is 5.97. The van der Waals surface area contributed by atoms with Crippen LogP contribution in [0.3, 0.4) is 0 Å². The zero-order chi connectivity index (χ0) is 12.1. The number of carbonyl (C=O) groups is 1. The first kappa shape index (κ1) is 16.2. The summed E-state index contributed by atoms with van der Waals surface area (Å²) in [6.45, 7) is 4.25. The Morgan fingerprint density at radius 3 is 2.53 bits per heavy atom. The highest BCUT2D eigenvalue weighted by atomic mass is 35.5. The van der Waals surface area contributed by atoms with E-state index in [1.54, 1.807) is 6.07 Å². The highest BCUT2D eigenvalue weighted by Crippen LogP contribution is 2.14. The minimum Gasteiger partial charge on any atom is -0.351 e. The molecule has 1 aromatic rings. The summed E-state index contributed by atoms with van der Waals surface area (Å²) < 4.78 is 0. The van der Waals surface area contributed by atoms with Crippen molar-refractivity contribution in [3.8, 4) is 0 Å². The minimum absolute atomic E-state index is 0. The second-order valence-corrected chi connectivity index (χ2v) is 4.49. The number of nitrogens with one attached hydrogen (secondary N) is 1. The summed E-state index contributed by atoms with van der Waals surface area (Å²) in [5, 5.41) is 3.43. The van der Waals surface area contributed by atoms with Crippen LogP contribution in [0.5, 0.6) is 0 Å². The number of hydrogen-bond acceptors (Lipinski definition) is 2. The number of benzene rings is 1. The Balaban J connectivity index is 0.00000256. The zero-order valence-electron chi connectivity index (χ0n) is 9.94. The van der Waals surface area contributed by atoms with Crippen molar-refractivity contribution < 1.29 is 4.79 Å². The van der Waals surface area contributed by atoms with E-state index in [1.165, 1.54) is 0 Å². The van der Waals surface area contributed by atoms with Crippen LogP contribution >= 0.6 is 24.0 Å². The molecule has 0 unspecified atom stereocenters. The van der Waals surface area contributed by atoms with Crippen LogP contribution in [0.2, 0.25) is 5.02 Å². The number of amides is 1. The molecule has 0 bridgehead atoms. The lowest BCUT2D eigenvalue weighted by molar-refractivity contribution is -0.123. The summed E-state index contributed by atoms with van der Waals surface area (Å²) in [4.78, 5) is 11.6. The zero-order valence-corrected chi connectivity index (χ0v) is 11.5. The van der Waals surface area contributed by atoms with Gasteiger partial charge in [-0.25, -0.2) is 0 Å². The van der Waals surface area contributed by atoms with Crippen molar-refractivity contribution in [2.24, 2.45) is 11.7 Å². The Morgan fingerprint density at radius 2 is 2.00 bits per heavy atom. The standard InChI is InChI=1S/C12H17ClN2O.ClH/c1-8(2)11(14)12(16)15-7-9-5-3-4-6-10(9)13;/h3-6,8,11H,7,14H2,1-2H3,(H,15,16);1H/t11-;/m1./s1. The maximum atomic E-state index is 11.6. The lowest BCUT2D eigenvalue weighted by Gasteiger charge is -2.15. The van der Waals surface area contributed by atoms with Gasteiger partial charge in [0.1, 0.15) is 0 Å². The SMILES string of the molecule is CC(C)[C@@H](N)C(=O)NCc1ccccc1Cl.Cl. The van der Waals surface area contributed by atoms with Crippen molar-refractivity contribution in [3.63, 3.8) is 0 Å². The molecule has 0 fully saturated rings. The molecule has 96 valence electrons. The van der Waals surface area contributed by atoms with Crippen molar-refractivity contribution in [2.45, 2.75) is 26.4 Å². The van der Waals surface area contributed by atoms with Crippen LogP contribution in [0, 0.1) is 5.92 Å². The third-order valence-electron chi connectivity index (χ3n) is 2.43. The van der Waals surface area contributed by atoms with Crippen molar-refractivity contribution in [1.29, 1.82) is 0 Å². The van der Waals surface area contributed by atoms with Gasteiger partial charge >= 0.3 is 0 Å². The van der Waals surface area contributed by atoms with Gasteiger partial charge in [-0.05, 0) is 17.5 Å². The molecule has 0 spiro atoms. The molecule has 0 aliphatic rings. The highest BCUT2D eigenvalue weighted by Gasteiger charge is 2.16. The van der Waals surface area contributed by atoms with E-state index in [0.29, 0.717) is 11.6 Å². The first-order valence-corrected chi connectivity index (χ1v) is 5.67. The minimum atomic E-state index is -0.470. The molecule has 17 heavy (non-hydrogen) atoms. The van der Waals surface area contributed by atoms with E-state index in [4.69, 9.17) is 17.3 Å². The van der Waals surface area contributed by atoms with Crippen molar-refractivity contribution in [2.75, 3.05) is 0 Å². The van der Waals surface area contributed by atoms with E-state index in [1.807, 2.05) is 32.0 Å². The van der Waals surface area contributed by atoms with Crippen LogP contribution in [0.15, 0.2) is 24.3 Å². The summed E-state index contributed by atoms with van der Waals surface area (Å²) in [6, 6.07) is 6.94. The molecule has 1 aromatic carbocycles. The van der Waals surface area contributed by atoms with Crippen molar-refractivity contribution in [1.82, 2.24) is 5.32 Å². The summed E-state index contributed by atoms with van der Waals surface area (Å²) in [5.74, 6) is -0.0128. The maximum absolute atomic E-state index is 11.6. The number of nitrogens with two attached hydrogens (primary N) is 1. The fourth-order valence-corrected chi connectivity index (χ4v) is 1.45. The van der Waals surface area contributed by atoms with Crippen molar-refractivity contribution >= 4 is 29.9 Å².